The Morgan fingerprint density at radius 3 is 2.27 bits per heavy atom. The molecular weight excluding hydrogens is 182 g/mol. The van der Waals surface area contributed by atoms with Crippen LogP contribution < -0.4 is 5.32 Å². The van der Waals surface area contributed by atoms with Crippen LogP contribution >= 0.6 is 0 Å². The number of nitrogens with one attached hydrogen (secondary N) is 1. The summed E-state index contributed by atoms with van der Waals surface area (Å²) in [6.45, 7) is 16.3. The minimum absolute atomic E-state index is 0.374. The summed E-state index contributed by atoms with van der Waals surface area (Å²) in [4.78, 5) is 0. The van der Waals surface area contributed by atoms with Crippen LogP contribution in [0.15, 0.2) is 12.2 Å². The number of hydrogen-bond acceptors (Lipinski definition) is 1. The lowest BCUT2D eigenvalue weighted by Crippen LogP contribution is -2.40. The van der Waals surface area contributed by atoms with Crippen molar-refractivity contribution < 1.29 is 0 Å². The van der Waals surface area contributed by atoms with Crippen LogP contribution in [-0.4, -0.2) is 12.6 Å². The Morgan fingerprint density at radius 2 is 1.87 bits per heavy atom. The highest BCUT2D eigenvalue weighted by atomic mass is 14.9. The van der Waals surface area contributed by atoms with E-state index in [-0.39, 0.29) is 0 Å². The van der Waals surface area contributed by atoms with Crippen molar-refractivity contribution in [2.24, 2.45) is 5.41 Å². The molecule has 0 fully saturated rings. The van der Waals surface area contributed by atoms with E-state index in [1.165, 1.54) is 31.3 Å². The zero-order valence-electron chi connectivity index (χ0n) is 11.3. The summed E-state index contributed by atoms with van der Waals surface area (Å²) in [5, 5.41) is 3.59. The van der Waals surface area contributed by atoms with E-state index in [1.54, 1.807) is 0 Å². The molecule has 0 aromatic heterocycles. The highest BCUT2D eigenvalue weighted by molar-refractivity contribution is 4.87. The fraction of sp³-hybridized carbons (Fsp3) is 0.857. The van der Waals surface area contributed by atoms with Gasteiger partial charge in [0.25, 0.3) is 0 Å². The maximum Gasteiger partial charge on any atom is 0.0115 e. The molecule has 0 aliphatic rings. The maximum absolute atomic E-state index is 3.94. The molecule has 0 bridgehead atoms. The lowest BCUT2D eigenvalue weighted by molar-refractivity contribution is 0.253. The lowest BCUT2D eigenvalue weighted by Gasteiger charge is -2.31. The third kappa shape index (κ3) is 7.61. The minimum Gasteiger partial charge on any atom is -0.314 e. The van der Waals surface area contributed by atoms with Crippen molar-refractivity contribution in [3.05, 3.63) is 12.2 Å². The summed E-state index contributed by atoms with van der Waals surface area (Å²) in [6.07, 6.45) is 5.06. The zero-order chi connectivity index (χ0) is 11.9. The molecule has 0 aliphatic heterocycles. The van der Waals surface area contributed by atoms with Crippen molar-refractivity contribution in [3.8, 4) is 0 Å². The van der Waals surface area contributed by atoms with Gasteiger partial charge in [0, 0.05) is 6.04 Å². The Kier molecular flexibility index (Phi) is 6.91. The van der Waals surface area contributed by atoms with Crippen molar-refractivity contribution in [2.45, 2.75) is 66.3 Å². The van der Waals surface area contributed by atoms with Crippen molar-refractivity contribution >= 4 is 0 Å². The molecule has 0 amide bonds. The van der Waals surface area contributed by atoms with Gasteiger partial charge in [0.05, 0.1) is 0 Å². The van der Waals surface area contributed by atoms with E-state index in [4.69, 9.17) is 0 Å². The van der Waals surface area contributed by atoms with E-state index in [0.717, 1.165) is 6.54 Å². The van der Waals surface area contributed by atoms with Crippen LogP contribution in [0.25, 0.3) is 0 Å². The first-order valence-electron chi connectivity index (χ1n) is 6.25. The maximum atomic E-state index is 3.94. The van der Waals surface area contributed by atoms with E-state index < -0.39 is 0 Å². The molecule has 0 aromatic carbocycles. The van der Waals surface area contributed by atoms with Gasteiger partial charge in [-0.05, 0) is 38.1 Å². The van der Waals surface area contributed by atoms with Gasteiger partial charge >= 0.3 is 0 Å². The topological polar surface area (TPSA) is 12.0 Å². The standard InChI is InChI=1S/C14H29N/c1-7-15-13(14(4,5)6)11-9-8-10-12(2)3/h13,15H,2,7-11H2,1,3-6H3. The predicted molar refractivity (Wildman–Crippen MR) is 70.2 cm³/mol. The molecule has 1 heteroatoms. The number of allylic oxidation sites excluding steroid dienone is 1. The van der Waals surface area contributed by atoms with Crippen LogP contribution in [0.5, 0.6) is 0 Å². The van der Waals surface area contributed by atoms with Gasteiger partial charge in [-0.15, -0.1) is 6.58 Å². The molecule has 0 rings (SSSR count). The van der Waals surface area contributed by atoms with Crippen LogP contribution in [0, 0.1) is 5.41 Å². The van der Waals surface area contributed by atoms with Crippen molar-refractivity contribution in [3.63, 3.8) is 0 Å². The molecule has 0 aromatic rings. The molecule has 0 radical (unpaired) electrons. The first-order chi connectivity index (χ1) is 6.88. The predicted octanol–water partition coefficient (Wildman–Crippen LogP) is 4.15. The second-order valence-electron chi connectivity index (χ2n) is 5.68. The third-order valence-electron chi connectivity index (χ3n) is 2.84. The third-order valence-corrected chi connectivity index (χ3v) is 2.84. The highest BCUT2D eigenvalue weighted by Gasteiger charge is 2.22. The van der Waals surface area contributed by atoms with Crippen LogP contribution in [-0.2, 0) is 0 Å². The summed E-state index contributed by atoms with van der Waals surface area (Å²) >= 11 is 0. The van der Waals surface area contributed by atoms with Gasteiger partial charge in [-0.3, -0.25) is 0 Å². The van der Waals surface area contributed by atoms with E-state index in [1.807, 2.05) is 0 Å². The van der Waals surface area contributed by atoms with Crippen molar-refractivity contribution in [1.29, 1.82) is 0 Å². The first-order valence-corrected chi connectivity index (χ1v) is 6.25. The van der Waals surface area contributed by atoms with E-state index in [9.17, 15) is 0 Å². The zero-order valence-corrected chi connectivity index (χ0v) is 11.3. The average molecular weight is 211 g/mol. The molecule has 0 saturated heterocycles. The quantitative estimate of drug-likeness (QED) is 0.493. The minimum atomic E-state index is 0.374. The molecule has 1 nitrogen and oxygen atoms in total. The number of unbranched alkanes of at least 4 members (excludes halogenated alkanes) is 1. The van der Waals surface area contributed by atoms with Gasteiger partial charge in [-0.25, -0.2) is 0 Å². The van der Waals surface area contributed by atoms with Gasteiger partial charge < -0.3 is 5.32 Å². The second kappa shape index (κ2) is 7.05. The van der Waals surface area contributed by atoms with E-state index in [0.29, 0.717) is 11.5 Å². The summed E-state index contributed by atoms with van der Waals surface area (Å²) in [6, 6.07) is 0.646. The Balaban J connectivity index is 3.82. The fourth-order valence-corrected chi connectivity index (χ4v) is 1.86. The van der Waals surface area contributed by atoms with Gasteiger partial charge in [-0.1, -0.05) is 39.7 Å². The fourth-order valence-electron chi connectivity index (χ4n) is 1.86. The molecule has 0 aliphatic carbocycles. The van der Waals surface area contributed by atoms with E-state index in [2.05, 4.69) is 46.5 Å². The monoisotopic (exact) mass is 211 g/mol. The van der Waals surface area contributed by atoms with Gasteiger partial charge in [0.1, 0.15) is 0 Å². The molecule has 0 heterocycles. The van der Waals surface area contributed by atoms with Crippen LogP contribution in [0.2, 0.25) is 0 Å². The summed E-state index contributed by atoms with van der Waals surface area (Å²) < 4.78 is 0. The lowest BCUT2D eigenvalue weighted by atomic mass is 9.83. The van der Waals surface area contributed by atoms with E-state index >= 15 is 0 Å². The smallest absolute Gasteiger partial charge is 0.0115 e. The normalized spacial score (nSPS) is 13.9. The number of rotatable bonds is 7. The van der Waals surface area contributed by atoms with Crippen LogP contribution in [0.4, 0.5) is 0 Å². The Hall–Kier alpha value is -0.300. The second-order valence-corrected chi connectivity index (χ2v) is 5.68. The largest absolute Gasteiger partial charge is 0.314 e. The summed E-state index contributed by atoms with van der Waals surface area (Å²) in [7, 11) is 0. The molecule has 0 saturated carbocycles. The Morgan fingerprint density at radius 1 is 1.27 bits per heavy atom. The van der Waals surface area contributed by atoms with Gasteiger partial charge in [0.15, 0.2) is 0 Å². The van der Waals surface area contributed by atoms with Gasteiger partial charge in [-0.2, -0.15) is 0 Å². The molecule has 1 N–H and O–H groups in total. The Labute approximate surface area is 96.3 Å². The molecule has 90 valence electrons. The first kappa shape index (κ1) is 14.7. The van der Waals surface area contributed by atoms with Crippen LogP contribution in [0.1, 0.15) is 60.3 Å². The Bertz CT molecular complexity index is 176. The molecule has 15 heavy (non-hydrogen) atoms. The average Bonchev–Trinajstić information content (AvgIpc) is 2.08. The van der Waals surface area contributed by atoms with Crippen LogP contribution in [0.3, 0.4) is 0 Å². The highest BCUT2D eigenvalue weighted by Crippen LogP contribution is 2.23. The molecule has 0 spiro atoms. The van der Waals surface area contributed by atoms with Crippen molar-refractivity contribution in [2.75, 3.05) is 6.54 Å². The molecular formula is C14H29N. The SMILES string of the molecule is C=C(C)CCCCC(NCC)C(C)(C)C. The molecule has 1 atom stereocenters. The van der Waals surface area contributed by atoms with Crippen molar-refractivity contribution in [1.82, 2.24) is 5.32 Å². The molecule has 1 unspecified atom stereocenters. The summed E-state index contributed by atoms with van der Waals surface area (Å²) in [5.41, 5.74) is 1.69. The summed E-state index contributed by atoms with van der Waals surface area (Å²) in [5.74, 6) is 0. The van der Waals surface area contributed by atoms with Gasteiger partial charge in [0.2, 0.25) is 0 Å². The number of hydrogen-bond donors (Lipinski definition) is 1.